The Labute approximate surface area is 88.9 Å². The average Bonchev–Trinajstić information content (AvgIpc) is 2.44. The van der Waals surface area contributed by atoms with E-state index in [4.69, 9.17) is 10.8 Å². The molecule has 3 N–H and O–H groups in total. The SMILES string of the molecule is Cn1nc(C(N)C(=O)O)cc1C(C)(C)C. The quantitative estimate of drug-likeness (QED) is 0.758. The largest absolute Gasteiger partial charge is 0.480 e. The van der Waals surface area contributed by atoms with E-state index in [0.29, 0.717) is 5.69 Å². The van der Waals surface area contributed by atoms with Crippen LogP contribution in [0.15, 0.2) is 6.07 Å². The van der Waals surface area contributed by atoms with E-state index >= 15 is 0 Å². The van der Waals surface area contributed by atoms with Gasteiger partial charge in [-0.1, -0.05) is 20.8 Å². The molecule has 1 rings (SSSR count). The first-order valence-electron chi connectivity index (χ1n) is 4.76. The van der Waals surface area contributed by atoms with E-state index in [1.807, 2.05) is 20.8 Å². The molecule has 1 atom stereocenters. The fraction of sp³-hybridized carbons (Fsp3) is 0.600. The third kappa shape index (κ3) is 2.36. The van der Waals surface area contributed by atoms with E-state index < -0.39 is 12.0 Å². The molecule has 5 nitrogen and oxygen atoms in total. The lowest BCUT2D eigenvalue weighted by molar-refractivity contribution is -0.138. The van der Waals surface area contributed by atoms with Crippen molar-refractivity contribution in [2.24, 2.45) is 12.8 Å². The summed E-state index contributed by atoms with van der Waals surface area (Å²) in [4.78, 5) is 10.7. The van der Waals surface area contributed by atoms with Gasteiger partial charge >= 0.3 is 5.97 Å². The van der Waals surface area contributed by atoms with Crippen molar-refractivity contribution in [1.29, 1.82) is 0 Å². The van der Waals surface area contributed by atoms with Gasteiger partial charge in [-0.3, -0.25) is 9.48 Å². The molecule has 15 heavy (non-hydrogen) atoms. The Hall–Kier alpha value is -1.36. The minimum atomic E-state index is -1.06. The molecule has 0 saturated carbocycles. The van der Waals surface area contributed by atoms with Crippen LogP contribution < -0.4 is 5.73 Å². The van der Waals surface area contributed by atoms with Gasteiger partial charge in [-0.2, -0.15) is 5.10 Å². The van der Waals surface area contributed by atoms with E-state index in [1.165, 1.54) is 0 Å². The van der Waals surface area contributed by atoms with Crippen molar-refractivity contribution < 1.29 is 9.90 Å². The molecular formula is C10H17N3O2. The van der Waals surface area contributed by atoms with Crippen LogP contribution in [0.1, 0.15) is 38.2 Å². The lowest BCUT2D eigenvalue weighted by atomic mass is 9.91. The van der Waals surface area contributed by atoms with Crippen LogP contribution in [0.25, 0.3) is 0 Å². The Morgan fingerprint density at radius 1 is 1.60 bits per heavy atom. The molecule has 0 aliphatic heterocycles. The number of aryl methyl sites for hydroxylation is 1. The topological polar surface area (TPSA) is 81.1 Å². The number of nitrogens with two attached hydrogens (primary N) is 1. The molecule has 84 valence electrons. The number of aliphatic carboxylic acids is 1. The summed E-state index contributed by atoms with van der Waals surface area (Å²) in [6, 6.07) is 0.700. The van der Waals surface area contributed by atoms with Gasteiger partial charge in [-0.05, 0) is 6.07 Å². The molecule has 1 aromatic heterocycles. The van der Waals surface area contributed by atoms with Crippen LogP contribution in [0.5, 0.6) is 0 Å². The van der Waals surface area contributed by atoms with Gasteiger partial charge < -0.3 is 10.8 Å². The maximum Gasteiger partial charge on any atom is 0.326 e. The van der Waals surface area contributed by atoms with Gasteiger partial charge in [0.1, 0.15) is 6.04 Å². The minimum Gasteiger partial charge on any atom is -0.480 e. The molecule has 5 heteroatoms. The summed E-state index contributed by atoms with van der Waals surface area (Å²) in [7, 11) is 1.79. The molecule has 0 aliphatic rings. The zero-order chi connectivity index (χ0) is 11.8. The van der Waals surface area contributed by atoms with Crippen LogP contribution in [0.4, 0.5) is 0 Å². The summed E-state index contributed by atoms with van der Waals surface area (Å²) in [6.45, 7) is 6.13. The van der Waals surface area contributed by atoms with Crippen molar-refractivity contribution >= 4 is 5.97 Å². The Morgan fingerprint density at radius 3 is 2.47 bits per heavy atom. The van der Waals surface area contributed by atoms with E-state index in [2.05, 4.69) is 5.10 Å². The summed E-state index contributed by atoms with van der Waals surface area (Å²) in [5, 5.41) is 12.9. The summed E-state index contributed by atoms with van der Waals surface area (Å²) in [6.07, 6.45) is 0. The maximum atomic E-state index is 10.7. The zero-order valence-corrected chi connectivity index (χ0v) is 9.48. The second-order valence-corrected chi connectivity index (χ2v) is 4.64. The summed E-state index contributed by atoms with van der Waals surface area (Å²) >= 11 is 0. The Morgan fingerprint density at radius 2 is 2.13 bits per heavy atom. The van der Waals surface area contributed by atoms with Gasteiger partial charge in [-0.25, -0.2) is 0 Å². The Bertz CT molecular complexity index is 377. The predicted octanol–water partition coefficient (Wildman–Crippen LogP) is 0.802. The number of hydrogen-bond acceptors (Lipinski definition) is 3. The molecule has 0 bridgehead atoms. The highest BCUT2D eigenvalue weighted by atomic mass is 16.4. The van der Waals surface area contributed by atoms with Crippen molar-refractivity contribution in [2.75, 3.05) is 0 Å². The predicted molar refractivity (Wildman–Crippen MR) is 56.5 cm³/mol. The van der Waals surface area contributed by atoms with Crippen LogP contribution >= 0.6 is 0 Å². The van der Waals surface area contributed by atoms with Crippen molar-refractivity contribution in [3.63, 3.8) is 0 Å². The number of aromatic nitrogens is 2. The average molecular weight is 211 g/mol. The second-order valence-electron chi connectivity index (χ2n) is 4.64. The highest BCUT2D eigenvalue weighted by Gasteiger charge is 2.24. The highest BCUT2D eigenvalue weighted by molar-refractivity contribution is 5.74. The summed E-state index contributed by atoms with van der Waals surface area (Å²) in [5.74, 6) is -1.06. The molecule has 0 radical (unpaired) electrons. The summed E-state index contributed by atoms with van der Waals surface area (Å²) in [5.41, 5.74) is 6.78. The first-order valence-corrected chi connectivity index (χ1v) is 4.76. The van der Waals surface area contributed by atoms with E-state index in [1.54, 1.807) is 17.8 Å². The van der Waals surface area contributed by atoms with Crippen LogP contribution in [0, 0.1) is 0 Å². The number of rotatable bonds is 2. The third-order valence-corrected chi connectivity index (χ3v) is 2.25. The molecule has 0 aromatic carbocycles. The molecule has 1 aromatic rings. The molecule has 0 amide bonds. The first-order chi connectivity index (χ1) is 6.73. The number of carboxylic acid groups (broad SMARTS) is 1. The fourth-order valence-electron chi connectivity index (χ4n) is 1.47. The van der Waals surface area contributed by atoms with E-state index in [0.717, 1.165) is 5.69 Å². The van der Waals surface area contributed by atoms with Gasteiger partial charge in [0, 0.05) is 18.2 Å². The normalized spacial score (nSPS) is 13.9. The Balaban J connectivity index is 3.11. The summed E-state index contributed by atoms with van der Waals surface area (Å²) < 4.78 is 1.68. The lowest BCUT2D eigenvalue weighted by Gasteiger charge is -2.17. The number of nitrogens with zero attached hydrogens (tertiary/aromatic N) is 2. The van der Waals surface area contributed by atoms with E-state index in [-0.39, 0.29) is 5.41 Å². The monoisotopic (exact) mass is 211 g/mol. The number of carbonyl (C=O) groups is 1. The third-order valence-electron chi connectivity index (χ3n) is 2.25. The minimum absolute atomic E-state index is 0.0712. The zero-order valence-electron chi connectivity index (χ0n) is 9.48. The van der Waals surface area contributed by atoms with Gasteiger partial charge in [0.2, 0.25) is 0 Å². The Kier molecular flexibility index (Phi) is 2.86. The molecule has 0 spiro atoms. The number of carboxylic acids is 1. The highest BCUT2D eigenvalue weighted by Crippen LogP contribution is 2.23. The molecule has 0 aliphatic carbocycles. The smallest absolute Gasteiger partial charge is 0.326 e. The van der Waals surface area contributed by atoms with Gasteiger partial charge in [-0.15, -0.1) is 0 Å². The maximum absolute atomic E-state index is 10.7. The van der Waals surface area contributed by atoms with Gasteiger partial charge in [0.25, 0.3) is 0 Å². The first kappa shape index (κ1) is 11.7. The second kappa shape index (κ2) is 3.66. The fourth-order valence-corrected chi connectivity index (χ4v) is 1.47. The van der Waals surface area contributed by atoms with Gasteiger partial charge in [0.15, 0.2) is 0 Å². The van der Waals surface area contributed by atoms with Crippen LogP contribution in [0.3, 0.4) is 0 Å². The van der Waals surface area contributed by atoms with Crippen LogP contribution in [-0.2, 0) is 17.3 Å². The van der Waals surface area contributed by atoms with Crippen molar-refractivity contribution in [3.8, 4) is 0 Å². The molecule has 0 fully saturated rings. The standard InChI is InChI=1S/C10H17N3O2/c1-10(2,3)7-5-6(12-13(7)4)8(11)9(14)15/h5,8H,11H2,1-4H3,(H,14,15). The van der Waals surface area contributed by atoms with Gasteiger partial charge in [0.05, 0.1) is 5.69 Å². The van der Waals surface area contributed by atoms with Crippen molar-refractivity contribution in [2.45, 2.75) is 32.2 Å². The lowest BCUT2D eigenvalue weighted by Crippen LogP contribution is -2.21. The molecule has 0 saturated heterocycles. The van der Waals surface area contributed by atoms with Crippen molar-refractivity contribution in [3.05, 3.63) is 17.5 Å². The van der Waals surface area contributed by atoms with Crippen LogP contribution in [-0.4, -0.2) is 20.9 Å². The van der Waals surface area contributed by atoms with Crippen LogP contribution in [0.2, 0.25) is 0 Å². The molecule has 1 heterocycles. The van der Waals surface area contributed by atoms with Crippen molar-refractivity contribution in [1.82, 2.24) is 9.78 Å². The molecular weight excluding hydrogens is 194 g/mol. The number of hydrogen-bond donors (Lipinski definition) is 2. The molecule has 1 unspecified atom stereocenters. The van der Waals surface area contributed by atoms with E-state index in [9.17, 15) is 4.79 Å².